The van der Waals surface area contributed by atoms with E-state index in [4.69, 9.17) is 4.52 Å². The molecule has 4 rings (SSSR count). The van der Waals surface area contributed by atoms with E-state index < -0.39 is 0 Å². The third-order valence-electron chi connectivity index (χ3n) is 4.87. The maximum absolute atomic E-state index is 12.3. The van der Waals surface area contributed by atoms with Crippen molar-refractivity contribution in [2.24, 2.45) is 5.92 Å². The van der Waals surface area contributed by atoms with E-state index in [9.17, 15) is 4.79 Å². The van der Waals surface area contributed by atoms with Crippen molar-refractivity contribution in [3.8, 4) is 10.7 Å². The molecular weight excluding hydrogens is 360 g/mol. The molecule has 1 aliphatic rings. The molecule has 1 aromatic carbocycles. The zero-order valence-corrected chi connectivity index (χ0v) is 16.5. The van der Waals surface area contributed by atoms with Crippen LogP contribution in [0.3, 0.4) is 0 Å². The maximum Gasteiger partial charge on any atom is 0.263 e. The third-order valence-corrected chi connectivity index (χ3v) is 5.87. The first kappa shape index (κ1) is 18.0. The fraction of sp³-hybridized carbons (Fsp3) is 0.450. The lowest BCUT2D eigenvalue weighted by atomic mass is 10.1. The van der Waals surface area contributed by atoms with Gasteiger partial charge >= 0.3 is 0 Å². The minimum absolute atomic E-state index is 0.0801. The van der Waals surface area contributed by atoms with Gasteiger partial charge in [-0.3, -0.25) is 4.79 Å². The molecule has 0 spiro atoms. The second-order valence-electron chi connectivity index (χ2n) is 7.37. The van der Waals surface area contributed by atoms with Crippen LogP contribution in [0.25, 0.3) is 21.7 Å². The molecule has 0 aliphatic carbocycles. The summed E-state index contributed by atoms with van der Waals surface area (Å²) >= 11 is 1.35. The van der Waals surface area contributed by atoms with Gasteiger partial charge in [0.15, 0.2) is 5.58 Å². The molecule has 0 atom stereocenters. The van der Waals surface area contributed by atoms with Crippen molar-refractivity contribution in [2.45, 2.75) is 33.1 Å². The number of anilines is 1. The van der Waals surface area contributed by atoms with Crippen LogP contribution in [0.15, 0.2) is 28.9 Å². The number of rotatable bonds is 6. The normalized spacial score (nSPS) is 14.4. The van der Waals surface area contributed by atoms with Crippen LogP contribution < -0.4 is 10.2 Å². The topological polar surface area (TPSA) is 71.3 Å². The van der Waals surface area contributed by atoms with Crippen molar-refractivity contribution in [1.29, 1.82) is 0 Å². The second kappa shape index (κ2) is 7.68. The molecule has 0 bridgehead atoms. The van der Waals surface area contributed by atoms with Gasteiger partial charge in [-0.2, -0.15) is 0 Å². The Hall–Kier alpha value is -2.41. The van der Waals surface area contributed by atoms with E-state index in [1.807, 2.05) is 12.1 Å². The number of amides is 1. The van der Waals surface area contributed by atoms with Crippen LogP contribution in [0.2, 0.25) is 0 Å². The van der Waals surface area contributed by atoms with E-state index in [-0.39, 0.29) is 5.91 Å². The summed E-state index contributed by atoms with van der Waals surface area (Å²) in [4.78, 5) is 19.6. The van der Waals surface area contributed by atoms with E-state index >= 15 is 0 Å². The lowest BCUT2D eigenvalue weighted by Gasteiger charge is -2.16. The maximum atomic E-state index is 12.3. The molecule has 1 amide bonds. The molecule has 1 fully saturated rings. The third kappa shape index (κ3) is 3.83. The fourth-order valence-electron chi connectivity index (χ4n) is 3.30. The molecule has 6 nitrogen and oxygen atoms in total. The second-order valence-corrected chi connectivity index (χ2v) is 8.40. The monoisotopic (exact) mass is 384 g/mol. The van der Waals surface area contributed by atoms with Gasteiger partial charge in [-0.05, 0) is 37.3 Å². The highest BCUT2D eigenvalue weighted by molar-refractivity contribution is 7.17. The molecule has 3 aromatic rings. The molecule has 142 valence electrons. The first-order valence-electron chi connectivity index (χ1n) is 9.50. The number of fused-ring (bicyclic) bond motifs is 1. The van der Waals surface area contributed by atoms with Gasteiger partial charge in [0.05, 0.1) is 11.6 Å². The number of nitrogens with one attached hydrogen (secondary N) is 1. The minimum Gasteiger partial charge on any atom is -0.371 e. The van der Waals surface area contributed by atoms with Crippen LogP contribution in [-0.4, -0.2) is 35.7 Å². The van der Waals surface area contributed by atoms with E-state index in [1.54, 1.807) is 6.20 Å². The van der Waals surface area contributed by atoms with Gasteiger partial charge in [0, 0.05) is 31.4 Å². The Bertz CT molecular complexity index is 941. The summed E-state index contributed by atoms with van der Waals surface area (Å²) in [5, 5.41) is 8.80. The van der Waals surface area contributed by atoms with Gasteiger partial charge < -0.3 is 14.7 Å². The van der Waals surface area contributed by atoms with Crippen LogP contribution in [-0.2, 0) is 0 Å². The zero-order valence-electron chi connectivity index (χ0n) is 15.7. The number of carbonyl (C=O) groups excluding carboxylic acids is 1. The molecule has 1 N–H and O–H groups in total. The number of aromatic nitrogens is 2. The minimum atomic E-state index is -0.0801. The largest absolute Gasteiger partial charge is 0.371 e. The highest BCUT2D eigenvalue weighted by Crippen LogP contribution is 2.33. The Kier molecular flexibility index (Phi) is 5.11. The van der Waals surface area contributed by atoms with Crippen LogP contribution in [0.5, 0.6) is 0 Å². The summed E-state index contributed by atoms with van der Waals surface area (Å²) in [5.74, 6) is 0.484. The SMILES string of the molecule is CC(C)CCNC(=O)c1cnc(-c2noc3cc(N4CCCC4)ccc23)s1. The van der Waals surface area contributed by atoms with Crippen molar-refractivity contribution < 1.29 is 9.32 Å². The molecule has 2 aromatic heterocycles. The Morgan fingerprint density at radius 1 is 1.33 bits per heavy atom. The smallest absolute Gasteiger partial charge is 0.263 e. The zero-order chi connectivity index (χ0) is 18.8. The molecule has 1 aliphatic heterocycles. The molecule has 7 heteroatoms. The van der Waals surface area contributed by atoms with Gasteiger partial charge in [0.2, 0.25) is 0 Å². The molecule has 0 unspecified atom stereocenters. The van der Waals surface area contributed by atoms with E-state index in [2.05, 4.69) is 40.3 Å². The highest BCUT2D eigenvalue weighted by Gasteiger charge is 2.19. The van der Waals surface area contributed by atoms with Crippen LogP contribution >= 0.6 is 11.3 Å². The lowest BCUT2D eigenvalue weighted by Crippen LogP contribution is -2.24. The van der Waals surface area contributed by atoms with Crippen molar-refractivity contribution in [1.82, 2.24) is 15.5 Å². The van der Waals surface area contributed by atoms with Crippen molar-refractivity contribution in [2.75, 3.05) is 24.5 Å². The summed E-state index contributed by atoms with van der Waals surface area (Å²) in [6, 6.07) is 6.20. The Labute approximate surface area is 162 Å². The predicted octanol–water partition coefficient (Wildman–Crippen LogP) is 4.33. The quantitative estimate of drug-likeness (QED) is 0.685. The number of nitrogens with zero attached hydrogens (tertiary/aromatic N) is 3. The molecule has 1 saturated heterocycles. The van der Waals surface area contributed by atoms with E-state index in [0.29, 0.717) is 28.0 Å². The van der Waals surface area contributed by atoms with Crippen molar-refractivity contribution in [3.05, 3.63) is 29.3 Å². The number of hydrogen-bond acceptors (Lipinski definition) is 6. The lowest BCUT2D eigenvalue weighted by molar-refractivity contribution is 0.0956. The number of carbonyl (C=O) groups is 1. The van der Waals surface area contributed by atoms with E-state index in [0.717, 1.165) is 30.5 Å². The first-order valence-corrected chi connectivity index (χ1v) is 10.3. The Balaban J connectivity index is 1.52. The van der Waals surface area contributed by atoms with Gasteiger partial charge in [-0.25, -0.2) is 4.98 Å². The molecule has 27 heavy (non-hydrogen) atoms. The number of thiazole rings is 1. The first-order chi connectivity index (χ1) is 13.1. The summed E-state index contributed by atoms with van der Waals surface area (Å²) in [6.45, 7) is 7.14. The van der Waals surface area contributed by atoms with E-state index in [1.165, 1.54) is 29.9 Å². The van der Waals surface area contributed by atoms with Gasteiger partial charge in [0.25, 0.3) is 5.91 Å². The van der Waals surface area contributed by atoms with Crippen LogP contribution in [0.1, 0.15) is 42.8 Å². The van der Waals surface area contributed by atoms with Crippen molar-refractivity contribution >= 4 is 33.9 Å². The van der Waals surface area contributed by atoms with Crippen LogP contribution in [0, 0.1) is 5.92 Å². The van der Waals surface area contributed by atoms with Gasteiger partial charge in [0.1, 0.15) is 15.6 Å². The molecular formula is C20H24N4O2S. The average Bonchev–Trinajstić information content (AvgIpc) is 3.39. The summed E-state index contributed by atoms with van der Waals surface area (Å²) < 4.78 is 5.55. The Morgan fingerprint density at radius 3 is 2.93 bits per heavy atom. The number of hydrogen-bond donors (Lipinski definition) is 1. The predicted molar refractivity (Wildman–Crippen MR) is 108 cm³/mol. The summed E-state index contributed by atoms with van der Waals surface area (Å²) in [6.07, 6.45) is 5.05. The van der Waals surface area contributed by atoms with Crippen molar-refractivity contribution in [3.63, 3.8) is 0 Å². The summed E-state index contributed by atoms with van der Waals surface area (Å²) in [7, 11) is 0. The highest BCUT2D eigenvalue weighted by atomic mass is 32.1. The Morgan fingerprint density at radius 2 is 2.15 bits per heavy atom. The standard InChI is InChI=1S/C20H24N4O2S/c1-13(2)7-8-21-19(25)17-12-22-20(27-17)18-15-6-5-14(11-16(15)26-23-18)24-9-3-4-10-24/h5-6,11-13H,3-4,7-10H2,1-2H3,(H,21,25). The summed E-state index contributed by atoms with van der Waals surface area (Å²) in [5.41, 5.74) is 2.63. The fourth-order valence-corrected chi connectivity index (χ4v) is 4.13. The van der Waals surface area contributed by atoms with Gasteiger partial charge in [-0.1, -0.05) is 19.0 Å². The van der Waals surface area contributed by atoms with Crippen LogP contribution in [0.4, 0.5) is 5.69 Å². The molecule has 0 saturated carbocycles. The molecule has 0 radical (unpaired) electrons. The molecule has 3 heterocycles. The number of benzene rings is 1. The van der Waals surface area contributed by atoms with Gasteiger partial charge in [-0.15, -0.1) is 11.3 Å². The average molecular weight is 385 g/mol.